The lowest BCUT2D eigenvalue weighted by Crippen LogP contribution is -2.30. The van der Waals surface area contributed by atoms with Crippen LogP contribution in [0, 0.1) is 5.92 Å². The Kier molecular flexibility index (Phi) is 5.30. The highest BCUT2D eigenvalue weighted by Gasteiger charge is 2.32. The van der Waals surface area contributed by atoms with E-state index in [4.69, 9.17) is 9.51 Å². The number of pyridine rings is 1. The molecule has 0 aromatic carbocycles. The first-order chi connectivity index (χ1) is 14.4. The van der Waals surface area contributed by atoms with Crippen molar-refractivity contribution in [1.29, 1.82) is 0 Å². The van der Waals surface area contributed by atoms with E-state index >= 15 is 0 Å². The second-order valence-corrected chi connectivity index (χ2v) is 8.17. The summed E-state index contributed by atoms with van der Waals surface area (Å²) in [6.45, 7) is 2.30. The van der Waals surface area contributed by atoms with Crippen LogP contribution in [-0.2, 0) is 0 Å². The van der Waals surface area contributed by atoms with Gasteiger partial charge in [0.1, 0.15) is 6.33 Å². The molecular weight excluding hydrogens is 364 g/mol. The SMILES string of the molecule is c1ncc(-c2ccc(-c3noc([C@@H]4CCCN4CC4CCCCC4)n3)cn2)cn1. The van der Waals surface area contributed by atoms with E-state index in [1.54, 1.807) is 18.6 Å². The van der Waals surface area contributed by atoms with Crippen LogP contribution >= 0.6 is 0 Å². The van der Waals surface area contributed by atoms with Gasteiger partial charge in [0, 0.05) is 36.3 Å². The van der Waals surface area contributed by atoms with Crippen LogP contribution in [-0.4, -0.2) is 43.1 Å². The monoisotopic (exact) mass is 390 g/mol. The fraction of sp³-hybridized carbons (Fsp3) is 0.500. The average molecular weight is 390 g/mol. The molecule has 4 heterocycles. The summed E-state index contributed by atoms with van der Waals surface area (Å²) in [5.41, 5.74) is 2.57. The van der Waals surface area contributed by atoms with Crippen molar-refractivity contribution in [2.75, 3.05) is 13.1 Å². The van der Waals surface area contributed by atoms with Gasteiger partial charge in [-0.3, -0.25) is 9.88 Å². The summed E-state index contributed by atoms with van der Waals surface area (Å²) < 4.78 is 5.69. The molecule has 0 bridgehead atoms. The molecule has 0 amide bonds. The quantitative estimate of drug-likeness (QED) is 0.642. The molecule has 1 aliphatic heterocycles. The number of aromatic nitrogens is 5. The topological polar surface area (TPSA) is 80.8 Å². The minimum atomic E-state index is 0.256. The van der Waals surface area contributed by atoms with Crippen molar-refractivity contribution in [3.8, 4) is 22.6 Å². The zero-order chi connectivity index (χ0) is 19.5. The Hall–Kier alpha value is -2.67. The van der Waals surface area contributed by atoms with Crippen molar-refractivity contribution in [3.63, 3.8) is 0 Å². The maximum Gasteiger partial charge on any atom is 0.244 e. The molecule has 3 aromatic heterocycles. The third kappa shape index (κ3) is 4.05. The predicted molar refractivity (Wildman–Crippen MR) is 109 cm³/mol. The van der Waals surface area contributed by atoms with E-state index < -0.39 is 0 Å². The van der Waals surface area contributed by atoms with Gasteiger partial charge in [0.05, 0.1) is 11.7 Å². The van der Waals surface area contributed by atoms with E-state index in [0.29, 0.717) is 5.82 Å². The first kappa shape index (κ1) is 18.4. The van der Waals surface area contributed by atoms with E-state index in [1.807, 2.05) is 12.1 Å². The van der Waals surface area contributed by atoms with Gasteiger partial charge in [-0.15, -0.1) is 0 Å². The molecule has 2 aliphatic rings. The maximum atomic E-state index is 5.69. The van der Waals surface area contributed by atoms with Crippen molar-refractivity contribution in [1.82, 2.24) is 30.0 Å². The molecule has 5 rings (SSSR count). The Morgan fingerprint density at radius 1 is 0.931 bits per heavy atom. The molecule has 29 heavy (non-hydrogen) atoms. The zero-order valence-corrected chi connectivity index (χ0v) is 16.6. The fourth-order valence-electron chi connectivity index (χ4n) is 4.64. The van der Waals surface area contributed by atoms with Crippen LogP contribution in [0.4, 0.5) is 0 Å². The second-order valence-electron chi connectivity index (χ2n) is 8.17. The van der Waals surface area contributed by atoms with Crippen molar-refractivity contribution < 1.29 is 4.52 Å². The van der Waals surface area contributed by atoms with E-state index in [0.717, 1.165) is 48.1 Å². The van der Waals surface area contributed by atoms with Crippen LogP contribution in [0.25, 0.3) is 22.6 Å². The summed E-state index contributed by atoms with van der Waals surface area (Å²) in [5, 5.41) is 4.24. The van der Waals surface area contributed by atoms with Crippen LogP contribution in [0.2, 0.25) is 0 Å². The van der Waals surface area contributed by atoms with Gasteiger partial charge >= 0.3 is 0 Å². The summed E-state index contributed by atoms with van der Waals surface area (Å²) in [7, 11) is 0. The molecule has 2 fully saturated rings. The van der Waals surface area contributed by atoms with Crippen molar-refractivity contribution in [3.05, 3.63) is 42.9 Å². The van der Waals surface area contributed by atoms with Gasteiger partial charge in [0.2, 0.25) is 11.7 Å². The molecule has 0 spiro atoms. The first-order valence-electron chi connectivity index (χ1n) is 10.7. The molecule has 1 saturated heterocycles. The van der Waals surface area contributed by atoms with Crippen LogP contribution in [0.1, 0.15) is 56.9 Å². The number of likely N-dealkylation sites (tertiary alicyclic amines) is 1. The first-order valence-corrected chi connectivity index (χ1v) is 10.7. The highest BCUT2D eigenvalue weighted by atomic mass is 16.5. The normalized spacial score (nSPS) is 20.9. The number of hydrogen-bond donors (Lipinski definition) is 0. The molecule has 0 unspecified atom stereocenters. The van der Waals surface area contributed by atoms with Gasteiger partial charge in [0.15, 0.2) is 0 Å². The van der Waals surface area contributed by atoms with Gasteiger partial charge in [-0.1, -0.05) is 24.4 Å². The van der Waals surface area contributed by atoms with Gasteiger partial charge in [-0.2, -0.15) is 4.98 Å². The van der Waals surface area contributed by atoms with Crippen molar-refractivity contribution in [2.24, 2.45) is 5.92 Å². The molecule has 3 aromatic rings. The van der Waals surface area contributed by atoms with Crippen molar-refractivity contribution >= 4 is 0 Å². The lowest BCUT2D eigenvalue weighted by molar-refractivity contribution is 0.163. The number of nitrogens with zero attached hydrogens (tertiary/aromatic N) is 6. The van der Waals surface area contributed by atoms with E-state index in [-0.39, 0.29) is 6.04 Å². The minimum absolute atomic E-state index is 0.256. The molecule has 7 nitrogen and oxygen atoms in total. The van der Waals surface area contributed by atoms with Crippen LogP contribution in [0.5, 0.6) is 0 Å². The standard InChI is InChI=1S/C22H26N6O/c1-2-5-16(6-3-1)14-28-10-4-7-20(28)22-26-21(27-29-22)17-8-9-19(25-13-17)18-11-23-15-24-12-18/h8-9,11-13,15-16,20H,1-7,10,14H2/t20-/m0/s1. The average Bonchev–Trinajstić information content (AvgIpc) is 3.45. The summed E-state index contributed by atoms with van der Waals surface area (Å²) >= 11 is 0. The van der Waals surface area contributed by atoms with Crippen LogP contribution in [0.15, 0.2) is 41.6 Å². The fourth-order valence-corrected chi connectivity index (χ4v) is 4.64. The number of rotatable bonds is 5. The highest BCUT2D eigenvalue weighted by Crippen LogP contribution is 2.35. The van der Waals surface area contributed by atoms with Crippen molar-refractivity contribution in [2.45, 2.75) is 51.0 Å². The third-order valence-electron chi connectivity index (χ3n) is 6.19. The van der Waals surface area contributed by atoms with Crippen LogP contribution in [0.3, 0.4) is 0 Å². The number of hydrogen-bond acceptors (Lipinski definition) is 7. The lowest BCUT2D eigenvalue weighted by Gasteiger charge is -2.29. The van der Waals surface area contributed by atoms with Crippen LogP contribution < -0.4 is 0 Å². The summed E-state index contributed by atoms with van der Waals surface area (Å²) in [4.78, 5) is 19.9. The Morgan fingerprint density at radius 3 is 2.59 bits per heavy atom. The largest absolute Gasteiger partial charge is 0.337 e. The van der Waals surface area contributed by atoms with Gasteiger partial charge in [-0.25, -0.2) is 9.97 Å². The van der Waals surface area contributed by atoms with Gasteiger partial charge in [-0.05, 0) is 50.3 Å². The van der Waals surface area contributed by atoms with E-state index in [2.05, 4.69) is 25.0 Å². The molecule has 1 atom stereocenters. The maximum absolute atomic E-state index is 5.69. The Morgan fingerprint density at radius 2 is 1.79 bits per heavy atom. The summed E-state index contributed by atoms with van der Waals surface area (Å²) in [6.07, 6.45) is 16.0. The summed E-state index contributed by atoms with van der Waals surface area (Å²) in [6, 6.07) is 4.17. The Labute approximate surface area is 170 Å². The third-order valence-corrected chi connectivity index (χ3v) is 6.19. The van der Waals surface area contributed by atoms with E-state index in [1.165, 1.54) is 44.9 Å². The lowest BCUT2D eigenvalue weighted by atomic mass is 9.89. The van der Waals surface area contributed by atoms with E-state index in [9.17, 15) is 0 Å². The molecule has 1 saturated carbocycles. The summed E-state index contributed by atoms with van der Waals surface area (Å²) in [5.74, 6) is 2.17. The van der Waals surface area contributed by atoms with Gasteiger partial charge in [0.25, 0.3) is 0 Å². The molecule has 0 radical (unpaired) electrons. The Balaban J connectivity index is 1.29. The predicted octanol–water partition coefficient (Wildman–Crippen LogP) is 4.31. The molecular formula is C22H26N6O. The molecule has 7 heteroatoms. The van der Waals surface area contributed by atoms with Gasteiger partial charge < -0.3 is 4.52 Å². The molecule has 1 aliphatic carbocycles. The zero-order valence-electron chi connectivity index (χ0n) is 16.6. The Bertz CT molecular complexity index is 920. The second kappa shape index (κ2) is 8.37. The molecule has 150 valence electrons. The highest BCUT2D eigenvalue weighted by molar-refractivity contribution is 5.61. The molecule has 0 N–H and O–H groups in total. The minimum Gasteiger partial charge on any atom is -0.337 e. The smallest absolute Gasteiger partial charge is 0.244 e.